The average Bonchev–Trinajstić information content (AvgIpc) is 2.91. The summed E-state index contributed by atoms with van der Waals surface area (Å²) >= 11 is 3.41. The molecule has 1 atom stereocenters. The molecule has 0 radical (unpaired) electrons. The van der Waals surface area contributed by atoms with Crippen molar-refractivity contribution < 1.29 is 14.3 Å². The van der Waals surface area contributed by atoms with E-state index in [1.54, 1.807) is 26.4 Å². The van der Waals surface area contributed by atoms with Crippen molar-refractivity contribution in [3.8, 4) is 11.5 Å². The number of nitrogens with one attached hydrogen (secondary N) is 1. The smallest absolute Gasteiger partial charge is 0.181 e. The lowest BCUT2D eigenvalue weighted by molar-refractivity contribution is 0.0951. The van der Waals surface area contributed by atoms with E-state index in [1.165, 1.54) is 0 Å². The first-order valence-electron chi connectivity index (χ1n) is 5.86. The Morgan fingerprint density at radius 3 is 2.56 bits per heavy atom. The van der Waals surface area contributed by atoms with E-state index in [2.05, 4.69) is 21.2 Å². The fourth-order valence-corrected chi connectivity index (χ4v) is 2.66. The molecule has 18 heavy (non-hydrogen) atoms. The second-order valence-electron chi connectivity index (χ2n) is 4.20. The molecule has 1 aromatic rings. The van der Waals surface area contributed by atoms with Crippen molar-refractivity contribution >= 4 is 21.7 Å². The molecule has 1 saturated heterocycles. The van der Waals surface area contributed by atoms with Crippen LogP contribution in [0.1, 0.15) is 23.2 Å². The summed E-state index contributed by atoms with van der Waals surface area (Å²) in [6.45, 7) is 0.904. The Morgan fingerprint density at radius 1 is 1.33 bits per heavy atom. The minimum absolute atomic E-state index is 0.0839. The fourth-order valence-electron chi connectivity index (χ4n) is 2.14. The van der Waals surface area contributed by atoms with E-state index >= 15 is 0 Å². The van der Waals surface area contributed by atoms with Crippen molar-refractivity contribution in [2.24, 2.45) is 0 Å². The Balaban J connectivity index is 2.34. The number of carbonyl (C=O) groups is 1. The second-order valence-corrected chi connectivity index (χ2v) is 5.05. The molecule has 0 aromatic heterocycles. The summed E-state index contributed by atoms with van der Waals surface area (Å²) in [4.78, 5) is 12.3. The van der Waals surface area contributed by atoms with E-state index in [9.17, 15) is 4.79 Å². The predicted octanol–water partition coefficient (Wildman–Crippen LogP) is 2.40. The van der Waals surface area contributed by atoms with Crippen molar-refractivity contribution in [1.29, 1.82) is 0 Å². The van der Waals surface area contributed by atoms with Gasteiger partial charge < -0.3 is 14.8 Å². The van der Waals surface area contributed by atoms with E-state index in [0.29, 0.717) is 17.1 Å². The minimum atomic E-state index is -0.0839. The van der Waals surface area contributed by atoms with Gasteiger partial charge in [-0.3, -0.25) is 4.79 Å². The standard InChI is InChI=1S/C13H16BrNO3/c1-17-11-6-8(9(14)7-12(11)18-2)13(16)10-4-3-5-15-10/h6-7,10,15H,3-5H2,1-2H3. The van der Waals surface area contributed by atoms with Gasteiger partial charge in [-0.2, -0.15) is 0 Å². The van der Waals surface area contributed by atoms with Gasteiger partial charge >= 0.3 is 0 Å². The van der Waals surface area contributed by atoms with Crippen molar-refractivity contribution in [1.82, 2.24) is 5.32 Å². The maximum Gasteiger partial charge on any atom is 0.181 e. The summed E-state index contributed by atoms with van der Waals surface area (Å²) in [6.07, 6.45) is 1.93. The first kappa shape index (κ1) is 13.4. The van der Waals surface area contributed by atoms with Crippen LogP contribution in [-0.2, 0) is 0 Å². The molecule has 1 heterocycles. The van der Waals surface area contributed by atoms with Crippen LogP contribution in [0, 0.1) is 0 Å². The van der Waals surface area contributed by atoms with Crippen molar-refractivity contribution in [2.75, 3.05) is 20.8 Å². The zero-order valence-electron chi connectivity index (χ0n) is 10.5. The van der Waals surface area contributed by atoms with Gasteiger partial charge in [0.15, 0.2) is 17.3 Å². The number of ether oxygens (including phenoxy) is 2. The van der Waals surface area contributed by atoms with Gasteiger partial charge in [0.25, 0.3) is 0 Å². The summed E-state index contributed by atoms with van der Waals surface area (Å²) in [5.74, 6) is 1.28. The Bertz CT molecular complexity index is 456. The van der Waals surface area contributed by atoms with Crippen molar-refractivity contribution in [2.45, 2.75) is 18.9 Å². The largest absolute Gasteiger partial charge is 0.493 e. The number of benzene rings is 1. The zero-order chi connectivity index (χ0) is 13.1. The lowest BCUT2D eigenvalue weighted by atomic mass is 10.0. The van der Waals surface area contributed by atoms with Gasteiger partial charge in [0.05, 0.1) is 20.3 Å². The van der Waals surface area contributed by atoms with Gasteiger partial charge in [-0.25, -0.2) is 0 Å². The summed E-state index contributed by atoms with van der Waals surface area (Å²) in [7, 11) is 3.14. The molecule has 1 fully saturated rings. The fraction of sp³-hybridized carbons (Fsp3) is 0.462. The van der Waals surface area contributed by atoms with Crippen LogP contribution in [0.25, 0.3) is 0 Å². The molecule has 1 N–H and O–H groups in total. The molecule has 0 bridgehead atoms. The van der Waals surface area contributed by atoms with Gasteiger partial charge in [-0.1, -0.05) is 0 Å². The van der Waals surface area contributed by atoms with Crippen LogP contribution < -0.4 is 14.8 Å². The molecule has 0 saturated carbocycles. The maximum absolute atomic E-state index is 12.3. The van der Waals surface area contributed by atoms with Gasteiger partial charge in [0.1, 0.15) is 0 Å². The summed E-state index contributed by atoms with van der Waals surface area (Å²) in [5.41, 5.74) is 0.632. The van der Waals surface area contributed by atoms with Crippen LogP contribution in [-0.4, -0.2) is 32.6 Å². The summed E-state index contributed by atoms with van der Waals surface area (Å²) < 4.78 is 11.2. The predicted molar refractivity (Wildman–Crippen MR) is 72.6 cm³/mol. The van der Waals surface area contributed by atoms with Crippen molar-refractivity contribution in [3.63, 3.8) is 0 Å². The van der Waals surface area contributed by atoms with Crippen LogP contribution in [0.3, 0.4) is 0 Å². The third-order valence-electron chi connectivity index (χ3n) is 3.12. The maximum atomic E-state index is 12.3. The van der Waals surface area contributed by atoms with Crippen LogP contribution in [0.4, 0.5) is 0 Å². The van der Waals surface area contributed by atoms with E-state index in [4.69, 9.17) is 9.47 Å². The molecule has 4 nitrogen and oxygen atoms in total. The van der Waals surface area contributed by atoms with E-state index < -0.39 is 0 Å². The average molecular weight is 314 g/mol. The van der Waals surface area contributed by atoms with E-state index in [0.717, 1.165) is 23.9 Å². The second kappa shape index (κ2) is 5.71. The van der Waals surface area contributed by atoms with Crippen LogP contribution >= 0.6 is 15.9 Å². The third kappa shape index (κ3) is 2.52. The molecule has 0 aliphatic carbocycles. The number of halogens is 1. The monoisotopic (exact) mass is 313 g/mol. The molecular weight excluding hydrogens is 298 g/mol. The highest BCUT2D eigenvalue weighted by molar-refractivity contribution is 9.10. The number of hydrogen-bond acceptors (Lipinski definition) is 4. The molecule has 1 unspecified atom stereocenters. The van der Waals surface area contributed by atoms with E-state index in [-0.39, 0.29) is 11.8 Å². The molecule has 5 heteroatoms. The van der Waals surface area contributed by atoms with Crippen LogP contribution in [0.15, 0.2) is 16.6 Å². The number of hydrogen-bond donors (Lipinski definition) is 1. The van der Waals surface area contributed by atoms with Gasteiger partial charge in [-0.15, -0.1) is 0 Å². The molecule has 1 aliphatic heterocycles. The van der Waals surface area contributed by atoms with Gasteiger partial charge in [0, 0.05) is 10.0 Å². The van der Waals surface area contributed by atoms with Gasteiger partial charge in [0.2, 0.25) is 0 Å². The molecule has 0 amide bonds. The minimum Gasteiger partial charge on any atom is -0.493 e. The summed E-state index contributed by atoms with van der Waals surface area (Å²) in [6, 6.07) is 3.41. The molecule has 1 aliphatic rings. The molecule has 1 aromatic carbocycles. The normalized spacial score (nSPS) is 18.7. The number of methoxy groups -OCH3 is 2. The Hall–Kier alpha value is -1.07. The molecule has 2 rings (SSSR count). The Kier molecular flexibility index (Phi) is 4.24. The highest BCUT2D eigenvalue weighted by Crippen LogP contribution is 2.34. The van der Waals surface area contributed by atoms with Crippen LogP contribution in [0.5, 0.6) is 11.5 Å². The highest BCUT2D eigenvalue weighted by Gasteiger charge is 2.26. The molecule has 98 valence electrons. The summed E-state index contributed by atoms with van der Waals surface area (Å²) in [5, 5.41) is 3.21. The Morgan fingerprint density at radius 2 is 2.00 bits per heavy atom. The lowest BCUT2D eigenvalue weighted by Gasteiger charge is -2.14. The number of ketones is 1. The number of rotatable bonds is 4. The lowest BCUT2D eigenvalue weighted by Crippen LogP contribution is -2.31. The topological polar surface area (TPSA) is 47.6 Å². The highest BCUT2D eigenvalue weighted by atomic mass is 79.9. The quantitative estimate of drug-likeness (QED) is 0.867. The first-order chi connectivity index (χ1) is 8.67. The number of carbonyl (C=O) groups excluding carboxylic acids is 1. The van der Waals surface area contributed by atoms with Crippen LogP contribution in [0.2, 0.25) is 0 Å². The molecular formula is C13H16BrNO3. The third-order valence-corrected chi connectivity index (χ3v) is 3.77. The van der Waals surface area contributed by atoms with Gasteiger partial charge in [-0.05, 0) is 47.4 Å². The van der Waals surface area contributed by atoms with Crippen molar-refractivity contribution in [3.05, 3.63) is 22.2 Å². The molecule has 0 spiro atoms. The SMILES string of the molecule is COc1cc(Br)c(C(=O)C2CCCN2)cc1OC. The van der Waals surface area contributed by atoms with E-state index in [1.807, 2.05) is 0 Å². The Labute approximate surface area is 115 Å². The number of Topliss-reactive ketones (excluding diaryl/α,β-unsaturated/α-hetero) is 1. The first-order valence-corrected chi connectivity index (χ1v) is 6.65. The zero-order valence-corrected chi connectivity index (χ0v) is 12.0.